The number of hydrogen-bond donors (Lipinski definition) is 1. The van der Waals surface area contributed by atoms with Gasteiger partial charge in [-0.1, -0.05) is 26.7 Å². The van der Waals surface area contributed by atoms with Gasteiger partial charge in [-0.3, -0.25) is 4.90 Å². The van der Waals surface area contributed by atoms with E-state index in [4.69, 9.17) is 9.84 Å². The van der Waals surface area contributed by atoms with Gasteiger partial charge in [-0.15, -0.1) is 0 Å². The van der Waals surface area contributed by atoms with E-state index >= 15 is 0 Å². The van der Waals surface area contributed by atoms with Gasteiger partial charge < -0.3 is 9.84 Å². The minimum atomic E-state index is -0.958. The van der Waals surface area contributed by atoms with Crippen LogP contribution in [0.3, 0.4) is 0 Å². The van der Waals surface area contributed by atoms with Crippen molar-refractivity contribution in [2.24, 2.45) is 0 Å². The average molecular weight is 245 g/mol. The number of hydrogen-bond acceptors (Lipinski definition) is 3. The molecule has 0 aliphatic carbocycles. The van der Waals surface area contributed by atoms with E-state index in [2.05, 4.69) is 0 Å². The second-order valence-corrected chi connectivity index (χ2v) is 3.89. The molecular weight excluding hydrogens is 222 g/mol. The van der Waals surface area contributed by atoms with Crippen molar-refractivity contribution in [1.82, 2.24) is 4.90 Å². The fourth-order valence-corrected chi connectivity index (χ4v) is 1.63. The molecule has 0 aromatic rings. The molecule has 100 valence electrons. The van der Waals surface area contributed by atoms with Crippen LogP contribution >= 0.6 is 0 Å². The number of aliphatic carboxylic acids is 1. The summed E-state index contributed by atoms with van der Waals surface area (Å²) < 4.78 is 4.89. The topological polar surface area (TPSA) is 66.8 Å². The summed E-state index contributed by atoms with van der Waals surface area (Å²) in [4.78, 5) is 24.2. The molecule has 0 bridgehead atoms. The van der Waals surface area contributed by atoms with Gasteiger partial charge in [-0.2, -0.15) is 0 Å². The van der Waals surface area contributed by atoms with Crippen LogP contribution in [0.15, 0.2) is 0 Å². The third-order valence-electron chi connectivity index (χ3n) is 2.46. The lowest BCUT2D eigenvalue weighted by Crippen LogP contribution is -2.45. The van der Waals surface area contributed by atoms with Crippen molar-refractivity contribution >= 4 is 12.1 Å². The Kier molecular flexibility index (Phi) is 8.19. The molecule has 0 radical (unpaired) electrons. The van der Waals surface area contributed by atoms with Crippen LogP contribution in [0.5, 0.6) is 0 Å². The molecule has 0 rings (SSSR count). The van der Waals surface area contributed by atoms with Crippen LogP contribution in [0.25, 0.3) is 0 Å². The highest BCUT2D eigenvalue weighted by Crippen LogP contribution is 2.12. The average Bonchev–Trinajstić information content (AvgIpc) is 2.28. The highest BCUT2D eigenvalue weighted by molar-refractivity contribution is 5.80. The number of amides is 1. The Bertz CT molecular complexity index is 243. The van der Waals surface area contributed by atoms with Gasteiger partial charge in [-0.05, 0) is 19.8 Å². The molecule has 1 N–H and O–H groups in total. The Balaban J connectivity index is 4.68. The Morgan fingerprint density at radius 3 is 2.29 bits per heavy atom. The maximum atomic E-state index is 11.7. The first-order valence-corrected chi connectivity index (χ1v) is 6.24. The van der Waals surface area contributed by atoms with Gasteiger partial charge in [0.25, 0.3) is 0 Å². The second kappa shape index (κ2) is 8.84. The van der Waals surface area contributed by atoms with Crippen LogP contribution in [-0.2, 0) is 9.53 Å². The van der Waals surface area contributed by atoms with Crippen molar-refractivity contribution in [1.29, 1.82) is 0 Å². The molecule has 0 saturated heterocycles. The normalized spacial score (nSPS) is 11.9. The zero-order chi connectivity index (χ0) is 13.3. The molecule has 17 heavy (non-hydrogen) atoms. The summed E-state index contributed by atoms with van der Waals surface area (Å²) in [6, 6.07) is -0.769. The molecule has 5 heteroatoms. The molecular formula is C12H23NO4. The zero-order valence-corrected chi connectivity index (χ0v) is 10.9. The third kappa shape index (κ3) is 5.56. The molecule has 1 amide bonds. The van der Waals surface area contributed by atoms with Gasteiger partial charge >= 0.3 is 12.1 Å². The van der Waals surface area contributed by atoms with Crippen molar-refractivity contribution in [3.63, 3.8) is 0 Å². The maximum absolute atomic E-state index is 11.7. The molecule has 1 atom stereocenters. The molecule has 0 saturated carbocycles. The largest absolute Gasteiger partial charge is 0.480 e. The van der Waals surface area contributed by atoms with Crippen LogP contribution in [0.2, 0.25) is 0 Å². The van der Waals surface area contributed by atoms with Crippen LogP contribution in [-0.4, -0.2) is 41.3 Å². The Morgan fingerprint density at radius 2 is 1.88 bits per heavy atom. The van der Waals surface area contributed by atoms with E-state index in [1.54, 1.807) is 6.92 Å². The molecule has 1 unspecified atom stereocenters. The lowest BCUT2D eigenvalue weighted by molar-refractivity contribution is -0.143. The first-order chi connectivity index (χ1) is 8.08. The van der Waals surface area contributed by atoms with E-state index in [9.17, 15) is 9.59 Å². The van der Waals surface area contributed by atoms with Crippen LogP contribution in [0, 0.1) is 0 Å². The lowest BCUT2D eigenvalue weighted by Gasteiger charge is -2.27. The number of carboxylic acids is 1. The Labute approximate surface area is 103 Å². The molecule has 0 aromatic carbocycles. The van der Waals surface area contributed by atoms with Crippen LogP contribution < -0.4 is 0 Å². The fraction of sp³-hybridized carbons (Fsp3) is 0.833. The van der Waals surface area contributed by atoms with E-state index in [0.717, 1.165) is 12.8 Å². The molecule has 0 aliphatic heterocycles. The van der Waals surface area contributed by atoms with Crippen LogP contribution in [0.1, 0.15) is 46.5 Å². The first-order valence-electron chi connectivity index (χ1n) is 6.24. The van der Waals surface area contributed by atoms with Crippen molar-refractivity contribution in [3.8, 4) is 0 Å². The monoisotopic (exact) mass is 245 g/mol. The van der Waals surface area contributed by atoms with Crippen molar-refractivity contribution in [2.45, 2.75) is 52.5 Å². The van der Waals surface area contributed by atoms with E-state index < -0.39 is 18.1 Å². The zero-order valence-electron chi connectivity index (χ0n) is 10.9. The third-order valence-corrected chi connectivity index (χ3v) is 2.46. The van der Waals surface area contributed by atoms with Crippen molar-refractivity contribution in [2.75, 3.05) is 13.2 Å². The SMILES string of the molecule is CCCCC(C(=O)O)N(CCC)C(=O)OCC. The smallest absolute Gasteiger partial charge is 0.410 e. The summed E-state index contributed by atoms with van der Waals surface area (Å²) in [6.07, 6.45) is 2.36. The number of unbranched alkanes of at least 4 members (excludes halogenated alkanes) is 1. The van der Waals surface area contributed by atoms with Gasteiger partial charge in [0.05, 0.1) is 6.61 Å². The summed E-state index contributed by atoms with van der Waals surface area (Å²) in [5.41, 5.74) is 0. The summed E-state index contributed by atoms with van der Waals surface area (Å²) in [7, 11) is 0. The number of ether oxygens (including phenoxy) is 1. The van der Waals surface area contributed by atoms with Gasteiger partial charge in [0.1, 0.15) is 6.04 Å². The van der Waals surface area contributed by atoms with Gasteiger partial charge in [0.15, 0.2) is 0 Å². The number of carboxylic acid groups (broad SMARTS) is 1. The summed E-state index contributed by atoms with van der Waals surface area (Å²) in [5.74, 6) is -0.958. The molecule has 0 fully saturated rings. The Hall–Kier alpha value is -1.26. The van der Waals surface area contributed by atoms with Crippen molar-refractivity contribution in [3.05, 3.63) is 0 Å². The lowest BCUT2D eigenvalue weighted by atomic mass is 10.1. The minimum Gasteiger partial charge on any atom is -0.480 e. The Morgan fingerprint density at radius 1 is 1.24 bits per heavy atom. The molecule has 0 spiro atoms. The fourth-order valence-electron chi connectivity index (χ4n) is 1.63. The maximum Gasteiger partial charge on any atom is 0.410 e. The van der Waals surface area contributed by atoms with E-state index in [1.165, 1.54) is 4.90 Å². The number of carbonyl (C=O) groups excluding carboxylic acids is 1. The molecule has 0 aliphatic rings. The van der Waals surface area contributed by atoms with Crippen LogP contribution in [0.4, 0.5) is 4.79 Å². The minimum absolute atomic E-state index is 0.263. The summed E-state index contributed by atoms with van der Waals surface area (Å²) in [6.45, 7) is 6.29. The van der Waals surface area contributed by atoms with E-state index in [-0.39, 0.29) is 6.61 Å². The predicted molar refractivity (Wildman–Crippen MR) is 65.0 cm³/mol. The van der Waals surface area contributed by atoms with E-state index in [0.29, 0.717) is 19.4 Å². The second-order valence-electron chi connectivity index (χ2n) is 3.89. The summed E-state index contributed by atoms with van der Waals surface area (Å²) in [5, 5.41) is 9.16. The van der Waals surface area contributed by atoms with Gasteiger partial charge in [-0.25, -0.2) is 9.59 Å². The van der Waals surface area contributed by atoms with E-state index in [1.807, 2.05) is 13.8 Å². The first kappa shape index (κ1) is 15.7. The summed E-state index contributed by atoms with van der Waals surface area (Å²) >= 11 is 0. The van der Waals surface area contributed by atoms with Gasteiger partial charge in [0.2, 0.25) is 0 Å². The molecule has 0 heterocycles. The molecule has 5 nitrogen and oxygen atoms in total. The van der Waals surface area contributed by atoms with Crippen molar-refractivity contribution < 1.29 is 19.4 Å². The number of rotatable bonds is 8. The van der Waals surface area contributed by atoms with Gasteiger partial charge in [0, 0.05) is 6.54 Å². The number of carbonyl (C=O) groups is 2. The highest BCUT2D eigenvalue weighted by Gasteiger charge is 2.29. The standard InChI is InChI=1S/C12H23NO4/c1-4-7-8-10(11(14)15)13(9-5-2)12(16)17-6-3/h10H,4-9H2,1-3H3,(H,14,15). The predicted octanol–water partition coefficient (Wildman–Crippen LogP) is 2.50. The quantitative estimate of drug-likeness (QED) is 0.713. The number of nitrogens with zero attached hydrogens (tertiary/aromatic N) is 1. The molecule has 0 aromatic heterocycles. The highest BCUT2D eigenvalue weighted by atomic mass is 16.6.